The molecule has 0 bridgehead atoms. The Kier molecular flexibility index (Phi) is 3.63. The van der Waals surface area contributed by atoms with E-state index in [1.54, 1.807) is 7.05 Å². The summed E-state index contributed by atoms with van der Waals surface area (Å²) in [5.41, 5.74) is 2.27. The topological polar surface area (TPSA) is 49.3 Å². The molecule has 2 aromatic rings. The molecule has 0 aromatic heterocycles. The van der Waals surface area contributed by atoms with Gasteiger partial charge in [-0.1, -0.05) is 42.0 Å². The molecule has 1 atom stereocenters. The molecule has 1 unspecified atom stereocenters. The van der Waals surface area contributed by atoms with Crippen LogP contribution >= 0.6 is 0 Å². The number of hydrogen-bond acceptors (Lipinski definition) is 2. The molecule has 0 fully saturated rings. The summed E-state index contributed by atoms with van der Waals surface area (Å²) in [6.45, 7) is 2.06. The lowest BCUT2D eigenvalue weighted by Crippen LogP contribution is -2.35. The minimum atomic E-state index is -0.818. The zero-order valence-corrected chi connectivity index (χ0v) is 10.6. The number of aryl methyl sites for hydroxylation is 1. The first-order valence-electron chi connectivity index (χ1n) is 5.99. The molecule has 2 N–H and O–H groups in total. The molecule has 0 aliphatic carbocycles. The van der Waals surface area contributed by atoms with Gasteiger partial charge in [-0.2, -0.15) is 0 Å². The fraction of sp³-hybridized carbons (Fsp3) is 0.267. The summed E-state index contributed by atoms with van der Waals surface area (Å²) in [6, 6.07) is 11.8. The molecule has 0 saturated carbocycles. The molecule has 3 nitrogen and oxygen atoms in total. The maximum absolute atomic E-state index is 11.0. The predicted molar refractivity (Wildman–Crippen MR) is 72.9 cm³/mol. The number of hydrogen-bond donors (Lipinski definition) is 2. The summed E-state index contributed by atoms with van der Waals surface area (Å²) in [7, 11) is 1.67. The Morgan fingerprint density at radius 1 is 1.22 bits per heavy atom. The van der Waals surface area contributed by atoms with Gasteiger partial charge in [0.25, 0.3) is 0 Å². The molecule has 0 aliphatic rings. The van der Waals surface area contributed by atoms with Crippen molar-refractivity contribution in [2.45, 2.75) is 19.4 Å². The number of likely N-dealkylation sites (N-methyl/N-ethyl adjacent to an activating group) is 1. The summed E-state index contributed by atoms with van der Waals surface area (Å²) >= 11 is 0. The number of rotatable bonds is 4. The molecule has 0 spiro atoms. The Balaban J connectivity index is 2.30. The van der Waals surface area contributed by atoms with Crippen LogP contribution in [0, 0.1) is 6.92 Å². The van der Waals surface area contributed by atoms with Crippen molar-refractivity contribution in [3.8, 4) is 0 Å². The van der Waals surface area contributed by atoms with E-state index in [4.69, 9.17) is 5.11 Å². The van der Waals surface area contributed by atoms with Gasteiger partial charge in [0.2, 0.25) is 0 Å². The second-order valence-corrected chi connectivity index (χ2v) is 4.57. The van der Waals surface area contributed by atoms with Gasteiger partial charge in [0.1, 0.15) is 6.04 Å². The number of benzene rings is 2. The van der Waals surface area contributed by atoms with E-state index < -0.39 is 12.0 Å². The number of carboxylic acids is 1. The summed E-state index contributed by atoms with van der Waals surface area (Å²) in [4.78, 5) is 11.0. The highest BCUT2D eigenvalue weighted by Crippen LogP contribution is 2.18. The second-order valence-electron chi connectivity index (χ2n) is 4.57. The average molecular weight is 243 g/mol. The fourth-order valence-electron chi connectivity index (χ4n) is 2.09. The first-order valence-corrected chi connectivity index (χ1v) is 5.99. The first kappa shape index (κ1) is 12.6. The van der Waals surface area contributed by atoms with Crippen LogP contribution in [0.25, 0.3) is 10.8 Å². The first-order chi connectivity index (χ1) is 8.60. The Labute approximate surface area is 106 Å². The van der Waals surface area contributed by atoms with Crippen LogP contribution < -0.4 is 5.32 Å². The summed E-state index contributed by atoms with van der Waals surface area (Å²) < 4.78 is 0. The quantitative estimate of drug-likeness (QED) is 0.866. The highest BCUT2D eigenvalue weighted by atomic mass is 16.4. The number of aliphatic carboxylic acids is 1. The summed E-state index contributed by atoms with van der Waals surface area (Å²) in [6.07, 6.45) is 0.496. The minimum absolute atomic E-state index is 0.496. The number of fused-ring (bicyclic) bond motifs is 1. The molecular weight excluding hydrogens is 226 g/mol. The van der Waals surface area contributed by atoms with Gasteiger partial charge in [0, 0.05) is 0 Å². The van der Waals surface area contributed by atoms with Crippen LogP contribution in [0.15, 0.2) is 36.4 Å². The molecule has 0 aliphatic heterocycles. The summed E-state index contributed by atoms with van der Waals surface area (Å²) in [5, 5.41) is 14.2. The van der Waals surface area contributed by atoms with E-state index in [1.807, 2.05) is 12.1 Å². The van der Waals surface area contributed by atoms with E-state index in [2.05, 4.69) is 36.5 Å². The monoisotopic (exact) mass is 243 g/mol. The van der Waals surface area contributed by atoms with Gasteiger partial charge in [-0.05, 0) is 36.7 Å². The Bertz CT molecular complexity index is 578. The van der Waals surface area contributed by atoms with Gasteiger partial charge in [0.05, 0.1) is 0 Å². The Morgan fingerprint density at radius 2 is 1.89 bits per heavy atom. The van der Waals surface area contributed by atoms with Gasteiger partial charge < -0.3 is 10.4 Å². The third-order valence-electron chi connectivity index (χ3n) is 3.15. The van der Waals surface area contributed by atoms with E-state index in [0.717, 1.165) is 10.9 Å². The molecule has 0 amide bonds. The predicted octanol–water partition coefficient (Wildman–Crippen LogP) is 2.36. The standard InChI is InChI=1S/C15H17NO2/c1-10-3-5-13-8-11(4-6-12(13)7-10)9-14(16-2)15(17)18/h3-8,14,16H,9H2,1-2H3,(H,17,18). The van der Waals surface area contributed by atoms with Crippen molar-refractivity contribution >= 4 is 16.7 Å². The van der Waals surface area contributed by atoms with Crippen LogP contribution in [0.5, 0.6) is 0 Å². The maximum Gasteiger partial charge on any atom is 0.321 e. The van der Waals surface area contributed by atoms with E-state index in [-0.39, 0.29) is 0 Å². The number of carboxylic acid groups (broad SMARTS) is 1. The van der Waals surface area contributed by atoms with Crippen LogP contribution in [0.2, 0.25) is 0 Å². The van der Waals surface area contributed by atoms with Crippen LogP contribution in [-0.2, 0) is 11.2 Å². The van der Waals surface area contributed by atoms with Crippen molar-refractivity contribution in [1.29, 1.82) is 0 Å². The Hall–Kier alpha value is -1.87. The van der Waals surface area contributed by atoms with Crippen molar-refractivity contribution in [2.24, 2.45) is 0 Å². The van der Waals surface area contributed by atoms with Crippen LogP contribution in [0.4, 0.5) is 0 Å². The number of carbonyl (C=O) groups is 1. The fourth-order valence-corrected chi connectivity index (χ4v) is 2.09. The van der Waals surface area contributed by atoms with E-state index in [9.17, 15) is 4.79 Å². The molecule has 18 heavy (non-hydrogen) atoms. The van der Waals surface area contributed by atoms with Gasteiger partial charge >= 0.3 is 5.97 Å². The highest BCUT2D eigenvalue weighted by molar-refractivity contribution is 5.84. The number of nitrogens with one attached hydrogen (secondary N) is 1. The van der Waals surface area contributed by atoms with Crippen molar-refractivity contribution in [2.75, 3.05) is 7.05 Å². The lowest BCUT2D eigenvalue weighted by atomic mass is 10.0. The van der Waals surface area contributed by atoms with Gasteiger partial charge in [-0.3, -0.25) is 4.79 Å². The zero-order chi connectivity index (χ0) is 13.1. The molecule has 0 radical (unpaired) electrons. The summed E-state index contributed by atoms with van der Waals surface area (Å²) in [5.74, 6) is -0.818. The third kappa shape index (κ3) is 2.68. The Morgan fingerprint density at radius 3 is 2.56 bits per heavy atom. The van der Waals surface area contributed by atoms with Crippen molar-refractivity contribution in [1.82, 2.24) is 5.32 Å². The highest BCUT2D eigenvalue weighted by Gasteiger charge is 2.15. The SMILES string of the molecule is CNC(Cc1ccc2cc(C)ccc2c1)C(=O)O. The van der Waals surface area contributed by atoms with Gasteiger partial charge in [0.15, 0.2) is 0 Å². The van der Waals surface area contributed by atoms with E-state index in [0.29, 0.717) is 6.42 Å². The normalized spacial score (nSPS) is 12.6. The molecule has 94 valence electrons. The molecule has 2 aromatic carbocycles. The van der Waals surface area contributed by atoms with Crippen LogP contribution in [0.1, 0.15) is 11.1 Å². The van der Waals surface area contributed by atoms with Crippen molar-refractivity contribution in [3.05, 3.63) is 47.5 Å². The molecule has 3 heteroatoms. The van der Waals surface area contributed by atoms with E-state index in [1.165, 1.54) is 10.9 Å². The zero-order valence-electron chi connectivity index (χ0n) is 10.6. The van der Waals surface area contributed by atoms with Crippen molar-refractivity contribution in [3.63, 3.8) is 0 Å². The molecule has 2 rings (SSSR count). The largest absolute Gasteiger partial charge is 0.480 e. The average Bonchev–Trinajstić information content (AvgIpc) is 2.35. The van der Waals surface area contributed by atoms with Gasteiger partial charge in [-0.25, -0.2) is 0 Å². The lowest BCUT2D eigenvalue weighted by molar-refractivity contribution is -0.139. The van der Waals surface area contributed by atoms with Gasteiger partial charge in [-0.15, -0.1) is 0 Å². The van der Waals surface area contributed by atoms with Crippen LogP contribution in [0.3, 0.4) is 0 Å². The molecule has 0 saturated heterocycles. The minimum Gasteiger partial charge on any atom is -0.480 e. The third-order valence-corrected chi connectivity index (χ3v) is 3.15. The second kappa shape index (κ2) is 5.19. The lowest BCUT2D eigenvalue weighted by Gasteiger charge is -2.11. The smallest absolute Gasteiger partial charge is 0.321 e. The van der Waals surface area contributed by atoms with Crippen LogP contribution in [-0.4, -0.2) is 24.2 Å². The molecule has 0 heterocycles. The van der Waals surface area contributed by atoms with E-state index >= 15 is 0 Å². The molecular formula is C15H17NO2. The maximum atomic E-state index is 11.0. The van der Waals surface area contributed by atoms with Crippen molar-refractivity contribution < 1.29 is 9.90 Å².